The number of anilines is 1. The summed E-state index contributed by atoms with van der Waals surface area (Å²) in [6, 6.07) is 13.3. The van der Waals surface area contributed by atoms with Crippen LogP contribution in [0.1, 0.15) is 0 Å². The Morgan fingerprint density at radius 3 is 2.55 bits per heavy atom. The van der Waals surface area contributed by atoms with Crippen LogP contribution in [-0.4, -0.2) is 9.97 Å². The average molecular weight is 351 g/mol. The molecule has 0 atom stereocenters. The highest BCUT2D eigenvalue weighted by atomic mass is 79.9. The normalized spacial score (nSPS) is 10.7. The van der Waals surface area contributed by atoms with E-state index in [2.05, 4.69) is 25.9 Å². The second kappa shape index (κ2) is 5.26. The lowest BCUT2D eigenvalue weighted by atomic mass is 10.1. The third kappa shape index (κ3) is 2.84. The highest BCUT2D eigenvalue weighted by molar-refractivity contribution is 9.10. The van der Waals surface area contributed by atoms with E-state index < -0.39 is 0 Å². The van der Waals surface area contributed by atoms with Crippen LogP contribution in [0.15, 0.2) is 46.9 Å². The minimum atomic E-state index is 0.0808. The Bertz CT molecular complexity index is 774. The molecule has 0 aliphatic carbocycles. The molecule has 3 rings (SSSR count). The summed E-state index contributed by atoms with van der Waals surface area (Å²) in [5, 5.41) is 2.43. The number of hydrogen-bond donors (Lipinski definition) is 1. The fraction of sp³-hybridized carbons (Fsp3) is 0. The molecular weight excluding hydrogens is 342 g/mol. The molecule has 0 fully saturated rings. The number of ether oxygens (including phenoxy) is 1. The van der Waals surface area contributed by atoms with E-state index in [0.29, 0.717) is 11.6 Å². The smallest absolute Gasteiger partial charge is 0.225 e. The molecule has 0 saturated heterocycles. The van der Waals surface area contributed by atoms with Gasteiger partial charge in [0.2, 0.25) is 11.8 Å². The lowest BCUT2D eigenvalue weighted by Gasteiger charge is -2.07. The summed E-state index contributed by atoms with van der Waals surface area (Å²) in [7, 11) is 0. The number of nitrogen functional groups attached to an aromatic ring is 1. The van der Waals surface area contributed by atoms with Crippen molar-refractivity contribution in [3.05, 3.63) is 52.1 Å². The van der Waals surface area contributed by atoms with Crippen molar-refractivity contribution in [2.75, 3.05) is 5.73 Å². The van der Waals surface area contributed by atoms with Gasteiger partial charge in [0.1, 0.15) is 10.9 Å². The van der Waals surface area contributed by atoms with Gasteiger partial charge in [-0.2, -0.15) is 4.98 Å². The summed E-state index contributed by atoms with van der Waals surface area (Å²) >= 11 is 9.26. The third-order valence-corrected chi connectivity index (χ3v) is 3.37. The van der Waals surface area contributed by atoms with Crippen molar-refractivity contribution in [2.24, 2.45) is 0 Å². The van der Waals surface area contributed by atoms with Crippen LogP contribution >= 0.6 is 27.5 Å². The monoisotopic (exact) mass is 349 g/mol. The van der Waals surface area contributed by atoms with Crippen LogP contribution in [0.3, 0.4) is 0 Å². The predicted molar refractivity (Wildman–Crippen MR) is 83.2 cm³/mol. The molecule has 1 heterocycles. The van der Waals surface area contributed by atoms with Gasteiger partial charge in [0, 0.05) is 10.5 Å². The van der Waals surface area contributed by atoms with Gasteiger partial charge in [-0.3, -0.25) is 0 Å². The molecule has 0 radical (unpaired) electrons. The first-order chi connectivity index (χ1) is 9.60. The number of rotatable bonds is 2. The van der Waals surface area contributed by atoms with E-state index in [1.165, 1.54) is 6.07 Å². The zero-order valence-corrected chi connectivity index (χ0v) is 12.5. The molecule has 1 aromatic heterocycles. The summed E-state index contributed by atoms with van der Waals surface area (Å²) in [5.41, 5.74) is 5.53. The molecule has 0 bridgehead atoms. The maximum Gasteiger partial charge on any atom is 0.225 e. The average Bonchev–Trinajstić information content (AvgIpc) is 2.38. The highest BCUT2D eigenvalue weighted by Crippen LogP contribution is 2.27. The van der Waals surface area contributed by atoms with Gasteiger partial charge in [0.05, 0.1) is 0 Å². The third-order valence-electron chi connectivity index (χ3n) is 2.68. The molecule has 20 heavy (non-hydrogen) atoms. The van der Waals surface area contributed by atoms with Gasteiger partial charge in [-0.15, -0.1) is 0 Å². The van der Waals surface area contributed by atoms with Gasteiger partial charge in [-0.05, 0) is 35.0 Å². The Hall–Kier alpha value is -1.85. The van der Waals surface area contributed by atoms with Gasteiger partial charge in [-0.1, -0.05) is 39.7 Å². The van der Waals surface area contributed by atoms with Gasteiger partial charge >= 0.3 is 0 Å². The van der Waals surface area contributed by atoms with E-state index in [-0.39, 0.29) is 11.1 Å². The quantitative estimate of drug-likeness (QED) is 0.695. The zero-order valence-electron chi connectivity index (χ0n) is 10.2. The number of halogens is 2. The zero-order chi connectivity index (χ0) is 14.1. The summed E-state index contributed by atoms with van der Waals surface area (Å²) in [6.07, 6.45) is 0. The molecule has 6 heteroatoms. The van der Waals surface area contributed by atoms with Gasteiger partial charge in [-0.25, -0.2) is 4.98 Å². The standard InChI is InChI=1S/C14H9BrClN3O/c15-10-3-1-9-6-11(4-2-8(9)5-10)20-13-7-12(16)18-14(17)19-13/h1-7H,(H2,17,18,19). The van der Waals surface area contributed by atoms with Crippen LogP contribution in [0.5, 0.6) is 11.6 Å². The minimum absolute atomic E-state index is 0.0808. The molecule has 0 amide bonds. The summed E-state index contributed by atoms with van der Waals surface area (Å²) < 4.78 is 6.69. The lowest BCUT2D eigenvalue weighted by molar-refractivity contribution is 0.463. The Morgan fingerprint density at radius 1 is 1.00 bits per heavy atom. The predicted octanol–water partition coefficient (Wildman–Crippen LogP) is 4.42. The lowest BCUT2D eigenvalue weighted by Crippen LogP contribution is -1.97. The SMILES string of the molecule is Nc1nc(Cl)cc(Oc2ccc3cc(Br)ccc3c2)n1. The van der Waals surface area contributed by atoms with E-state index >= 15 is 0 Å². The molecule has 2 aromatic carbocycles. The highest BCUT2D eigenvalue weighted by Gasteiger charge is 2.04. The largest absolute Gasteiger partial charge is 0.439 e. The van der Waals surface area contributed by atoms with Crippen LogP contribution in [0.2, 0.25) is 5.15 Å². The Labute approximate surface area is 128 Å². The number of hydrogen-bond acceptors (Lipinski definition) is 4. The van der Waals surface area contributed by atoms with Crippen molar-refractivity contribution in [2.45, 2.75) is 0 Å². The van der Waals surface area contributed by atoms with Crippen molar-refractivity contribution in [3.8, 4) is 11.6 Å². The maximum absolute atomic E-state index is 5.81. The Kier molecular flexibility index (Phi) is 3.46. The van der Waals surface area contributed by atoms with Crippen LogP contribution in [0, 0.1) is 0 Å². The van der Waals surface area contributed by atoms with E-state index in [9.17, 15) is 0 Å². The van der Waals surface area contributed by atoms with Crippen LogP contribution in [0.25, 0.3) is 10.8 Å². The molecule has 0 unspecified atom stereocenters. The first kappa shape index (κ1) is 13.1. The van der Waals surface area contributed by atoms with E-state index in [1.807, 2.05) is 36.4 Å². The van der Waals surface area contributed by atoms with Crippen molar-refractivity contribution < 1.29 is 4.74 Å². The Balaban J connectivity index is 1.96. The van der Waals surface area contributed by atoms with Crippen molar-refractivity contribution in [1.29, 1.82) is 0 Å². The second-order valence-electron chi connectivity index (χ2n) is 4.14. The van der Waals surface area contributed by atoms with Crippen molar-refractivity contribution in [1.82, 2.24) is 9.97 Å². The molecule has 0 spiro atoms. The van der Waals surface area contributed by atoms with Crippen LogP contribution < -0.4 is 10.5 Å². The summed E-state index contributed by atoms with van der Waals surface area (Å²) in [4.78, 5) is 7.76. The molecule has 4 nitrogen and oxygen atoms in total. The molecule has 3 aromatic rings. The first-order valence-electron chi connectivity index (χ1n) is 5.77. The second-order valence-corrected chi connectivity index (χ2v) is 5.45. The first-order valence-corrected chi connectivity index (χ1v) is 6.94. The number of nitrogens with two attached hydrogens (primary N) is 1. The molecular formula is C14H9BrClN3O. The van der Waals surface area contributed by atoms with Gasteiger partial charge < -0.3 is 10.5 Å². The molecule has 100 valence electrons. The fourth-order valence-electron chi connectivity index (χ4n) is 1.84. The molecule has 0 aliphatic heterocycles. The van der Waals surface area contributed by atoms with E-state index in [0.717, 1.165) is 15.2 Å². The van der Waals surface area contributed by atoms with E-state index in [1.54, 1.807) is 0 Å². The summed E-state index contributed by atoms with van der Waals surface area (Å²) in [6.45, 7) is 0. The molecule has 0 aliphatic rings. The van der Waals surface area contributed by atoms with Gasteiger partial charge in [0.15, 0.2) is 0 Å². The maximum atomic E-state index is 5.81. The summed E-state index contributed by atoms with van der Waals surface area (Å²) in [5.74, 6) is 1.06. The van der Waals surface area contributed by atoms with Crippen molar-refractivity contribution >= 4 is 44.3 Å². The molecule has 2 N–H and O–H groups in total. The van der Waals surface area contributed by atoms with Gasteiger partial charge in [0.25, 0.3) is 0 Å². The Morgan fingerprint density at radius 2 is 1.75 bits per heavy atom. The number of benzene rings is 2. The topological polar surface area (TPSA) is 61.0 Å². The van der Waals surface area contributed by atoms with Crippen LogP contribution in [0.4, 0.5) is 5.95 Å². The van der Waals surface area contributed by atoms with E-state index in [4.69, 9.17) is 22.1 Å². The number of nitrogens with zero attached hydrogens (tertiary/aromatic N) is 2. The number of aromatic nitrogens is 2. The molecule has 0 saturated carbocycles. The van der Waals surface area contributed by atoms with Crippen LogP contribution in [-0.2, 0) is 0 Å². The fourth-order valence-corrected chi connectivity index (χ4v) is 2.40. The number of fused-ring (bicyclic) bond motifs is 1. The van der Waals surface area contributed by atoms with Crippen molar-refractivity contribution in [3.63, 3.8) is 0 Å². The minimum Gasteiger partial charge on any atom is -0.439 e.